The van der Waals surface area contributed by atoms with Gasteiger partial charge in [-0.15, -0.1) is 0 Å². The van der Waals surface area contributed by atoms with Gasteiger partial charge in [0.05, 0.1) is 4.90 Å². The summed E-state index contributed by atoms with van der Waals surface area (Å²) in [5, 5.41) is 0. The number of nitrogen functional groups attached to an aromatic ring is 1. The van der Waals surface area contributed by atoms with Crippen LogP contribution in [0.15, 0.2) is 29.2 Å². The van der Waals surface area contributed by atoms with Crippen LogP contribution in [0.4, 0.5) is 5.69 Å². The summed E-state index contributed by atoms with van der Waals surface area (Å²) in [6, 6.07) is 5.53. The zero-order chi connectivity index (χ0) is 9.19. The summed E-state index contributed by atoms with van der Waals surface area (Å²) < 4.78 is 25.6. The molecule has 0 atom stereocenters. The van der Waals surface area contributed by atoms with E-state index in [1.54, 1.807) is 0 Å². The molecule has 1 aromatic rings. The number of anilines is 1. The van der Waals surface area contributed by atoms with Crippen LogP contribution in [-0.4, -0.2) is 8.42 Å². The standard InChI is InChI=1S/C6H8N2O3S/c7-5-1-3-6(4-2-5)12(9,10)11-8/h1-4H,7-8H2. The first-order chi connectivity index (χ1) is 5.56. The van der Waals surface area contributed by atoms with E-state index in [9.17, 15) is 8.42 Å². The molecule has 0 saturated heterocycles. The lowest BCUT2D eigenvalue weighted by molar-refractivity contribution is 0.333. The topological polar surface area (TPSA) is 95.4 Å². The summed E-state index contributed by atoms with van der Waals surface area (Å²) >= 11 is 0. The molecule has 0 spiro atoms. The highest BCUT2D eigenvalue weighted by Crippen LogP contribution is 2.12. The Bertz CT molecular complexity index is 357. The lowest BCUT2D eigenvalue weighted by Crippen LogP contribution is -2.10. The highest BCUT2D eigenvalue weighted by molar-refractivity contribution is 7.86. The van der Waals surface area contributed by atoms with Crippen LogP contribution in [0.5, 0.6) is 0 Å². The third kappa shape index (κ3) is 1.73. The van der Waals surface area contributed by atoms with E-state index in [2.05, 4.69) is 10.2 Å². The zero-order valence-corrected chi connectivity index (χ0v) is 6.91. The molecule has 0 aromatic heterocycles. The summed E-state index contributed by atoms with van der Waals surface area (Å²) in [6.45, 7) is 0. The van der Waals surface area contributed by atoms with Gasteiger partial charge in [0, 0.05) is 5.69 Å². The van der Waals surface area contributed by atoms with E-state index in [0.717, 1.165) is 0 Å². The van der Waals surface area contributed by atoms with Gasteiger partial charge in [-0.25, -0.2) is 0 Å². The minimum Gasteiger partial charge on any atom is -0.399 e. The van der Waals surface area contributed by atoms with Crippen molar-refractivity contribution in [1.82, 2.24) is 0 Å². The van der Waals surface area contributed by atoms with Crippen LogP contribution in [0.2, 0.25) is 0 Å². The lowest BCUT2D eigenvalue weighted by Gasteiger charge is -1.99. The fourth-order valence-corrected chi connectivity index (χ4v) is 1.27. The molecule has 0 aliphatic heterocycles. The third-order valence-electron chi connectivity index (χ3n) is 1.30. The van der Waals surface area contributed by atoms with E-state index in [-0.39, 0.29) is 4.90 Å². The molecule has 66 valence electrons. The van der Waals surface area contributed by atoms with E-state index in [4.69, 9.17) is 5.73 Å². The summed E-state index contributed by atoms with van der Waals surface area (Å²) in [5.41, 5.74) is 5.82. The molecule has 0 radical (unpaired) electrons. The van der Waals surface area contributed by atoms with Gasteiger partial charge in [-0.2, -0.15) is 18.6 Å². The number of rotatable bonds is 2. The fourth-order valence-electron chi connectivity index (χ4n) is 0.690. The highest BCUT2D eigenvalue weighted by Gasteiger charge is 2.12. The summed E-state index contributed by atoms with van der Waals surface area (Å²) in [7, 11) is -3.79. The summed E-state index contributed by atoms with van der Waals surface area (Å²) in [6.07, 6.45) is 0. The van der Waals surface area contributed by atoms with Gasteiger partial charge in [0.25, 0.3) is 0 Å². The van der Waals surface area contributed by atoms with Crippen LogP contribution in [0.3, 0.4) is 0 Å². The highest BCUT2D eigenvalue weighted by atomic mass is 32.2. The largest absolute Gasteiger partial charge is 0.399 e. The number of nitrogens with two attached hydrogens (primary N) is 2. The van der Waals surface area contributed by atoms with E-state index >= 15 is 0 Å². The third-order valence-corrected chi connectivity index (χ3v) is 2.40. The molecule has 6 heteroatoms. The maximum absolute atomic E-state index is 10.9. The molecular formula is C6H8N2O3S. The van der Waals surface area contributed by atoms with Crippen LogP contribution in [0.25, 0.3) is 0 Å². The summed E-state index contributed by atoms with van der Waals surface area (Å²) in [4.78, 5) is -0.0146. The van der Waals surface area contributed by atoms with Crippen molar-refractivity contribution in [3.8, 4) is 0 Å². The molecule has 12 heavy (non-hydrogen) atoms. The normalized spacial score (nSPS) is 11.4. The van der Waals surface area contributed by atoms with Crippen molar-refractivity contribution in [3.63, 3.8) is 0 Å². The molecule has 0 aliphatic carbocycles. The Morgan fingerprint density at radius 2 is 1.67 bits per heavy atom. The van der Waals surface area contributed by atoms with Gasteiger partial charge in [0.1, 0.15) is 0 Å². The quantitative estimate of drug-likeness (QED) is 0.497. The molecule has 0 fully saturated rings. The van der Waals surface area contributed by atoms with Crippen LogP contribution in [-0.2, 0) is 14.4 Å². The van der Waals surface area contributed by atoms with Crippen molar-refractivity contribution in [3.05, 3.63) is 24.3 Å². The number of hydrogen-bond acceptors (Lipinski definition) is 5. The molecule has 4 N–H and O–H groups in total. The molecule has 0 bridgehead atoms. The van der Waals surface area contributed by atoms with Crippen LogP contribution in [0.1, 0.15) is 0 Å². The predicted octanol–water partition coefficient (Wildman–Crippen LogP) is -0.152. The Balaban J connectivity index is 3.14. The zero-order valence-electron chi connectivity index (χ0n) is 6.10. The Morgan fingerprint density at radius 3 is 2.08 bits per heavy atom. The Morgan fingerprint density at radius 1 is 1.17 bits per heavy atom. The Kier molecular flexibility index (Phi) is 2.32. The average molecular weight is 188 g/mol. The van der Waals surface area contributed by atoms with Gasteiger partial charge in [-0.3, -0.25) is 0 Å². The van der Waals surface area contributed by atoms with Crippen molar-refractivity contribution >= 4 is 15.8 Å². The smallest absolute Gasteiger partial charge is 0.312 e. The van der Waals surface area contributed by atoms with Crippen LogP contribution >= 0.6 is 0 Å². The van der Waals surface area contributed by atoms with E-state index < -0.39 is 10.1 Å². The second-order valence-corrected chi connectivity index (χ2v) is 3.69. The van der Waals surface area contributed by atoms with Gasteiger partial charge in [0.2, 0.25) is 0 Å². The first kappa shape index (κ1) is 8.98. The first-order valence-electron chi connectivity index (χ1n) is 3.05. The molecule has 0 aliphatic rings. The minimum atomic E-state index is -3.79. The van der Waals surface area contributed by atoms with Gasteiger partial charge >= 0.3 is 10.1 Å². The Labute approximate surface area is 70.0 Å². The molecule has 0 amide bonds. The van der Waals surface area contributed by atoms with Gasteiger partial charge < -0.3 is 5.73 Å². The minimum absolute atomic E-state index is 0.0146. The van der Waals surface area contributed by atoms with E-state index in [0.29, 0.717) is 5.69 Å². The number of hydrogen-bond donors (Lipinski definition) is 2. The van der Waals surface area contributed by atoms with Crippen molar-refractivity contribution < 1.29 is 12.7 Å². The molecule has 0 saturated carbocycles. The first-order valence-corrected chi connectivity index (χ1v) is 4.46. The molecule has 0 heterocycles. The molecule has 5 nitrogen and oxygen atoms in total. The van der Waals surface area contributed by atoms with E-state index in [1.165, 1.54) is 24.3 Å². The maximum Gasteiger partial charge on any atom is 0.312 e. The van der Waals surface area contributed by atoms with Crippen molar-refractivity contribution in [2.24, 2.45) is 5.90 Å². The van der Waals surface area contributed by atoms with E-state index in [1.807, 2.05) is 0 Å². The van der Waals surface area contributed by atoms with Gasteiger partial charge in [0.15, 0.2) is 0 Å². The lowest BCUT2D eigenvalue weighted by atomic mass is 10.3. The molecule has 1 rings (SSSR count). The fraction of sp³-hybridized carbons (Fsp3) is 0. The van der Waals surface area contributed by atoms with Crippen molar-refractivity contribution in [2.75, 3.05) is 5.73 Å². The molecule has 1 aromatic carbocycles. The Hall–Kier alpha value is -1.11. The molecule has 0 unspecified atom stereocenters. The second kappa shape index (κ2) is 3.10. The SMILES string of the molecule is NOS(=O)(=O)c1ccc(N)cc1. The summed E-state index contributed by atoms with van der Waals surface area (Å²) in [5.74, 6) is 4.56. The average Bonchev–Trinajstić information content (AvgIpc) is 2.05. The van der Waals surface area contributed by atoms with Gasteiger partial charge in [-0.1, -0.05) is 0 Å². The van der Waals surface area contributed by atoms with Crippen molar-refractivity contribution in [1.29, 1.82) is 0 Å². The maximum atomic E-state index is 10.9. The second-order valence-electron chi connectivity index (χ2n) is 2.12. The predicted molar refractivity (Wildman–Crippen MR) is 43.3 cm³/mol. The number of benzene rings is 1. The van der Waals surface area contributed by atoms with Gasteiger partial charge in [-0.05, 0) is 24.3 Å². The van der Waals surface area contributed by atoms with Crippen molar-refractivity contribution in [2.45, 2.75) is 4.90 Å². The van der Waals surface area contributed by atoms with Crippen LogP contribution < -0.4 is 11.6 Å². The molecular weight excluding hydrogens is 180 g/mol. The monoisotopic (exact) mass is 188 g/mol. The van der Waals surface area contributed by atoms with Crippen LogP contribution in [0, 0.1) is 0 Å².